The number of nitrogens with zero attached hydrogens (tertiary/aromatic N) is 2. The molecule has 0 aromatic heterocycles. The van der Waals surface area contributed by atoms with E-state index in [0.717, 1.165) is 17.0 Å². The highest BCUT2D eigenvalue weighted by molar-refractivity contribution is 6.03. The quantitative estimate of drug-likeness (QED) is 0.575. The Labute approximate surface area is 70.4 Å². The molecule has 1 aliphatic heterocycles. The summed E-state index contributed by atoms with van der Waals surface area (Å²) in [5.41, 5.74) is 2.70. The first-order valence-corrected chi connectivity index (χ1v) is 3.70. The second-order valence-corrected chi connectivity index (χ2v) is 2.60. The number of aliphatic imine (C=N–C) groups is 1. The van der Waals surface area contributed by atoms with E-state index in [1.165, 1.54) is 0 Å². The Kier molecular flexibility index (Phi) is 1.52. The van der Waals surface area contributed by atoms with Crippen LogP contribution in [0.5, 0.6) is 0 Å². The Hall–Kier alpha value is -1.82. The van der Waals surface area contributed by atoms with Gasteiger partial charge in [0.1, 0.15) is 0 Å². The molecule has 0 atom stereocenters. The minimum Gasteiger partial charge on any atom is -0.359 e. The van der Waals surface area contributed by atoms with E-state index >= 15 is 0 Å². The Balaban J connectivity index is 2.36. The van der Waals surface area contributed by atoms with Crippen molar-refractivity contribution in [2.45, 2.75) is 6.42 Å². The molecule has 0 bridgehead atoms. The first-order valence-electron chi connectivity index (χ1n) is 3.70. The lowest BCUT2D eigenvalue weighted by Crippen LogP contribution is -2.20. The molecule has 58 valence electrons. The monoisotopic (exact) mass is 157 g/mol. The molecule has 0 aromatic carbocycles. The van der Waals surface area contributed by atoms with Crippen LogP contribution in [0.2, 0.25) is 0 Å². The number of allylic oxidation sites excluding steroid dienone is 4. The van der Waals surface area contributed by atoms with Crippen molar-refractivity contribution in [2.75, 3.05) is 0 Å². The van der Waals surface area contributed by atoms with E-state index in [1.54, 1.807) is 12.4 Å². The third-order valence-electron chi connectivity index (χ3n) is 1.81. The number of hydrogen-bond acceptors (Lipinski definition) is 3. The number of nitriles is 1. The topological polar surface area (TPSA) is 48.2 Å². The molecule has 1 heterocycles. The van der Waals surface area contributed by atoms with E-state index in [-0.39, 0.29) is 0 Å². The zero-order valence-electron chi connectivity index (χ0n) is 6.41. The maximum Gasteiger partial charge on any atom is 0.0951 e. The lowest BCUT2D eigenvalue weighted by atomic mass is 10.0. The van der Waals surface area contributed by atoms with Crippen LogP contribution in [0, 0.1) is 11.3 Å². The van der Waals surface area contributed by atoms with Crippen molar-refractivity contribution < 1.29 is 0 Å². The lowest BCUT2D eigenvalue weighted by Gasteiger charge is -2.15. The Morgan fingerprint density at radius 1 is 1.50 bits per heavy atom. The van der Waals surface area contributed by atoms with Crippen LogP contribution in [0.3, 0.4) is 0 Å². The van der Waals surface area contributed by atoms with Crippen LogP contribution >= 0.6 is 0 Å². The second-order valence-electron chi connectivity index (χ2n) is 2.60. The van der Waals surface area contributed by atoms with Crippen LogP contribution < -0.4 is 5.32 Å². The Bertz CT molecular complexity index is 364. The lowest BCUT2D eigenvalue weighted by molar-refractivity contribution is 1.06. The third kappa shape index (κ3) is 1.04. The maximum atomic E-state index is 8.64. The van der Waals surface area contributed by atoms with Crippen molar-refractivity contribution in [3.05, 3.63) is 35.8 Å². The van der Waals surface area contributed by atoms with Gasteiger partial charge < -0.3 is 5.32 Å². The highest BCUT2D eigenvalue weighted by Crippen LogP contribution is 2.15. The van der Waals surface area contributed by atoms with Gasteiger partial charge in [-0.25, -0.2) is 0 Å². The van der Waals surface area contributed by atoms with E-state index in [4.69, 9.17) is 5.26 Å². The zero-order chi connectivity index (χ0) is 8.39. The van der Waals surface area contributed by atoms with Gasteiger partial charge in [0.25, 0.3) is 0 Å². The van der Waals surface area contributed by atoms with Gasteiger partial charge in [0.05, 0.1) is 17.5 Å². The van der Waals surface area contributed by atoms with Crippen LogP contribution in [0.1, 0.15) is 6.42 Å². The summed E-state index contributed by atoms with van der Waals surface area (Å²) in [6.07, 6.45) is 7.82. The van der Waals surface area contributed by atoms with E-state index in [1.807, 2.05) is 12.2 Å². The minimum absolute atomic E-state index is 0.639. The molecule has 0 unspecified atom stereocenters. The van der Waals surface area contributed by atoms with E-state index in [9.17, 15) is 0 Å². The van der Waals surface area contributed by atoms with E-state index in [2.05, 4.69) is 16.4 Å². The van der Waals surface area contributed by atoms with Crippen LogP contribution in [0.4, 0.5) is 0 Å². The van der Waals surface area contributed by atoms with Gasteiger partial charge in [-0.2, -0.15) is 5.26 Å². The average molecular weight is 157 g/mol. The molecule has 0 spiro atoms. The van der Waals surface area contributed by atoms with E-state index < -0.39 is 0 Å². The van der Waals surface area contributed by atoms with Crippen molar-refractivity contribution in [1.29, 1.82) is 5.26 Å². The molecular formula is C9H7N3. The molecule has 1 N–H and O–H groups in total. The highest BCUT2D eigenvalue weighted by atomic mass is 14.9. The number of fused-ring (bicyclic) bond motifs is 1. The molecule has 2 rings (SSSR count). The molecule has 1 aliphatic carbocycles. The van der Waals surface area contributed by atoms with Crippen molar-refractivity contribution in [1.82, 2.24) is 5.32 Å². The molecule has 0 amide bonds. The zero-order valence-corrected chi connectivity index (χ0v) is 6.41. The van der Waals surface area contributed by atoms with Crippen LogP contribution in [0.25, 0.3) is 0 Å². The molecule has 0 radical (unpaired) electrons. The predicted molar refractivity (Wildman–Crippen MR) is 46.1 cm³/mol. The van der Waals surface area contributed by atoms with Gasteiger partial charge in [0.2, 0.25) is 0 Å². The smallest absolute Gasteiger partial charge is 0.0951 e. The van der Waals surface area contributed by atoms with Crippen LogP contribution in [-0.2, 0) is 0 Å². The SMILES string of the molecule is N#CC1=CC=C2NC=CN=C2C1. The van der Waals surface area contributed by atoms with Gasteiger partial charge in [0, 0.05) is 24.4 Å². The first-order chi connectivity index (χ1) is 5.90. The van der Waals surface area contributed by atoms with E-state index in [0.29, 0.717) is 6.42 Å². The minimum atomic E-state index is 0.639. The molecule has 2 aliphatic rings. The Morgan fingerprint density at radius 3 is 3.25 bits per heavy atom. The molecule has 12 heavy (non-hydrogen) atoms. The summed E-state index contributed by atoms with van der Waals surface area (Å²) >= 11 is 0. The van der Waals surface area contributed by atoms with Gasteiger partial charge >= 0.3 is 0 Å². The normalized spacial score (nSPS) is 19.4. The Morgan fingerprint density at radius 2 is 2.42 bits per heavy atom. The third-order valence-corrected chi connectivity index (χ3v) is 1.81. The molecule has 3 heteroatoms. The summed E-state index contributed by atoms with van der Waals surface area (Å²) < 4.78 is 0. The average Bonchev–Trinajstić information content (AvgIpc) is 2.17. The molecule has 0 aromatic rings. The standard InChI is InChI=1S/C9H7N3/c10-6-7-1-2-8-9(5-7)12-4-3-11-8/h1-4,11H,5H2. The predicted octanol–water partition coefficient (Wildman–Crippen LogP) is 1.24. The highest BCUT2D eigenvalue weighted by Gasteiger charge is 2.13. The van der Waals surface area contributed by atoms with Gasteiger partial charge in [-0.3, -0.25) is 4.99 Å². The summed E-state index contributed by atoms with van der Waals surface area (Å²) in [6.45, 7) is 0. The number of hydrogen-bond donors (Lipinski definition) is 1. The van der Waals surface area contributed by atoms with Crippen LogP contribution in [-0.4, -0.2) is 5.71 Å². The van der Waals surface area contributed by atoms with Crippen molar-refractivity contribution in [3.8, 4) is 6.07 Å². The second kappa shape index (κ2) is 2.67. The molecular weight excluding hydrogens is 150 g/mol. The number of rotatable bonds is 0. The molecule has 0 fully saturated rings. The van der Waals surface area contributed by atoms with Gasteiger partial charge in [-0.1, -0.05) is 0 Å². The fourth-order valence-electron chi connectivity index (χ4n) is 1.19. The fraction of sp³-hybridized carbons (Fsp3) is 0.111. The number of nitrogens with one attached hydrogen (secondary N) is 1. The van der Waals surface area contributed by atoms with Crippen molar-refractivity contribution in [2.24, 2.45) is 4.99 Å². The van der Waals surface area contributed by atoms with Gasteiger partial charge in [-0.15, -0.1) is 0 Å². The fourth-order valence-corrected chi connectivity index (χ4v) is 1.19. The molecule has 0 saturated carbocycles. The summed E-state index contributed by atoms with van der Waals surface area (Å²) in [7, 11) is 0. The molecule has 3 nitrogen and oxygen atoms in total. The van der Waals surface area contributed by atoms with Crippen molar-refractivity contribution >= 4 is 5.71 Å². The molecule has 0 saturated heterocycles. The summed E-state index contributed by atoms with van der Waals surface area (Å²) in [5.74, 6) is 0. The largest absolute Gasteiger partial charge is 0.359 e. The summed E-state index contributed by atoms with van der Waals surface area (Å²) in [4.78, 5) is 4.16. The van der Waals surface area contributed by atoms with Gasteiger partial charge in [0.15, 0.2) is 0 Å². The van der Waals surface area contributed by atoms with Gasteiger partial charge in [-0.05, 0) is 12.2 Å². The summed E-state index contributed by atoms with van der Waals surface area (Å²) in [5, 5.41) is 11.7. The first kappa shape index (κ1) is 6.86. The summed E-state index contributed by atoms with van der Waals surface area (Å²) in [6, 6.07) is 2.12. The van der Waals surface area contributed by atoms with Crippen LogP contribution in [0.15, 0.2) is 40.8 Å². The maximum absolute atomic E-state index is 8.64. The van der Waals surface area contributed by atoms with Crippen molar-refractivity contribution in [3.63, 3.8) is 0 Å².